The van der Waals surface area contributed by atoms with Crippen LogP contribution in [-0.2, 0) is 38.4 Å². The van der Waals surface area contributed by atoms with Gasteiger partial charge in [0.15, 0.2) is 0 Å². The van der Waals surface area contributed by atoms with Gasteiger partial charge in [-0.3, -0.25) is 57.7 Å². The molecule has 0 spiro atoms. The Morgan fingerprint density at radius 3 is 1.20 bits per heavy atom. The maximum atomic E-state index is 13.7. The van der Waals surface area contributed by atoms with Gasteiger partial charge in [0.05, 0.1) is 11.3 Å². The summed E-state index contributed by atoms with van der Waals surface area (Å²) in [5.41, 5.74) is 3.67. The molecule has 524 valence electrons. The van der Waals surface area contributed by atoms with Crippen LogP contribution >= 0.6 is 122 Å². The number of carboxylic acids is 1. The van der Waals surface area contributed by atoms with Crippen molar-refractivity contribution in [3.8, 4) is 0 Å². The second kappa shape index (κ2) is 44.4. The molecule has 4 rings (SSSR count). The quantitative estimate of drug-likeness (QED) is 0.0423. The van der Waals surface area contributed by atoms with Crippen LogP contribution < -0.4 is 45.6 Å². The summed E-state index contributed by atoms with van der Waals surface area (Å²) in [5, 5.41) is 20.0. The third-order valence-corrected chi connectivity index (χ3v) is 16.6. The van der Waals surface area contributed by atoms with Gasteiger partial charge in [-0.1, -0.05) is 161 Å². The zero-order chi connectivity index (χ0) is 70.0. The van der Waals surface area contributed by atoms with E-state index >= 15 is 0 Å². The van der Waals surface area contributed by atoms with E-state index in [1.807, 2.05) is 69.2 Å². The van der Waals surface area contributed by atoms with E-state index in [-0.39, 0.29) is 109 Å². The molecule has 2 aliphatic rings. The van der Waals surface area contributed by atoms with Crippen LogP contribution in [0.2, 0.25) is 0 Å². The van der Waals surface area contributed by atoms with E-state index in [1.54, 1.807) is 95.4 Å². The Labute approximate surface area is 623 Å². The Kier molecular flexibility index (Phi) is 45.3. The van der Waals surface area contributed by atoms with E-state index in [0.29, 0.717) is 48.5 Å². The number of aliphatic carboxylic acids is 1. The molecule has 2 fully saturated rings. The molecule has 8 N–H and O–H groups in total. The molecule has 92 heavy (non-hydrogen) atoms. The number of hydrogen-bond acceptors (Lipinski definition) is 15. The van der Waals surface area contributed by atoms with Crippen molar-refractivity contribution in [2.24, 2.45) is 28.4 Å². The Morgan fingerprint density at radius 2 is 0.902 bits per heavy atom. The fraction of sp³-hybridized carbons (Fsp3) is 0.607. The van der Waals surface area contributed by atoms with Gasteiger partial charge in [0.25, 0.3) is 11.8 Å². The van der Waals surface area contributed by atoms with Crippen LogP contribution in [0.4, 0.5) is 9.59 Å². The molecular formula is C61H97I6N10O13S2-. The van der Waals surface area contributed by atoms with Crippen molar-refractivity contribution < 1.29 is 75.9 Å². The number of nitrogens with zero attached hydrogens (tertiary/aromatic N) is 4. The van der Waals surface area contributed by atoms with Gasteiger partial charge in [0.2, 0.25) is 39.8 Å². The van der Waals surface area contributed by atoms with Crippen molar-refractivity contribution in [3.63, 3.8) is 0 Å². The number of amides is 11. The molecule has 23 nitrogen and oxygen atoms in total. The molecule has 2 aromatic rings. The third kappa shape index (κ3) is 30.1. The van der Waals surface area contributed by atoms with E-state index in [9.17, 15) is 62.6 Å². The van der Waals surface area contributed by atoms with Gasteiger partial charge in [0, 0.05) is 89.6 Å². The van der Waals surface area contributed by atoms with Crippen LogP contribution in [0.25, 0.3) is 0 Å². The number of halogens is 6. The van der Waals surface area contributed by atoms with Gasteiger partial charge in [0.1, 0.15) is 34.5 Å². The fourth-order valence-corrected chi connectivity index (χ4v) is 10.4. The van der Waals surface area contributed by atoms with Crippen LogP contribution in [0.5, 0.6) is 0 Å². The van der Waals surface area contributed by atoms with Crippen LogP contribution in [-0.4, -0.2) is 181 Å². The number of carbonyl (C=O) groups is 12. The monoisotopic (exact) mass is 2000 g/mol. The summed E-state index contributed by atoms with van der Waals surface area (Å²) in [5.74, 6) is -3.49. The summed E-state index contributed by atoms with van der Waals surface area (Å²) in [6.07, 6.45) is 0.889. The number of nitrogens with two attached hydrogens (primary N) is 1. The second-order valence-corrected chi connectivity index (χ2v) is 43.6. The second-order valence-electron chi connectivity index (χ2n) is 25.0. The molecule has 31 heteroatoms. The third-order valence-electron chi connectivity index (χ3n) is 14.3. The van der Waals surface area contributed by atoms with Crippen molar-refractivity contribution in [1.82, 2.24) is 46.2 Å². The minimum atomic E-state index is -1.15. The van der Waals surface area contributed by atoms with Crippen LogP contribution in [0, 0.1) is 22.7 Å². The van der Waals surface area contributed by atoms with Gasteiger partial charge in [-0.25, -0.2) is 9.59 Å². The normalized spacial score (nSPS) is 15.9. The Balaban J connectivity index is -0.00000135. The first kappa shape index (κ1) is 93.7. The molecule has 0 radical (unpaired) electrons. The van der Waals surface area contributed by atoms with Crippen LogP contribution in [0.3, 0.4) is 0 Å². The number of benzene rings is 2. The summed E-state index contributed by atoms with van der Waals surface area (Å²) >= 11 is 11.0. The molecule has 6 atom stereocenters. The number of nitrogens with one attached hydrogen (secondary N) is 5. The molecule has 0 saturated carbocycles. The molecule has 2 aliphatic heterocycles. The van der Waals surface area contributed by atoms with Crippen molar-refractivity contribution in [2.75, 3.05) is 41.3 Å². The first-order valence-corrected chi connectivity index (χ1v) is 49.3. The number of carbonyl (C=O) groups excluding carboxylic acids is 11. The summed E-state index contributed by atoms with van der Waals surface area (Å²) in [6.45, 7) is 25.4. The van der Waals surface area contributed by atoms with Gasteiger partial charge in [-0.2, -0.15) is 0 Å². The number of imide groups is 2. The fourth-order valence-electron chi connectivity index (χ4n) is 8.58. The van der Waals surface area contributed by atoms with Crippen molar-refractivity contribution in [2.45, 2.75) is 176 Å². The van der Waals surface area contributed by atoms with Gasteiger partial charge < -0.3 is 47.2 Å². The molecule has 0 bridgehead atoms. The predicted molar refractivity (Wildman–Crippen MR) is 407 cm³/mol. The molecule has 0 aliphatic carbocycles. The number of likely N-dealkylation sites (N-methyl/N-ethyl adjacent to an activating group) is 4. The average molecular weight is 2000 g/mol. The molecule has 11 amide bonds. The Bertz CT molecular complexity index is 2760. The number of carboxylic acid groups (broad SMARTS) is 1. The summed E-state index contributed by atoms with van der Waals surface area (Å²) < 4.78 is 0. The van der Waals surface area contributed by atoms with Crippen molar-refractivity contribution in [1.29, 1.82) is 0 Å². The molecule has 2 aromatic carbocycles. The SMILES string of the molecule is C.CN1C(=O)N(CC[C@H](SC(=O)c2ccccc2)C(=O)O)C(=O)C1(C)C.CNC(=O)[C@@H](NC(=O)[C@@H](N)CC(C)C)C(C)(C)C.CNC(=O)[C@@H](NC(=O)[C@H](CC(C)C)NC(=O)[C@H](CCN1C(=O)N(C)C(C)(C)C1=O)SC(=O)c1ccccc1)C(C)(C)C.I.II.I[I-]I. The molecular weight excluding hydrogens is 1910 g/mol. The van der Waals surface area contributed by atoms with Crippen molar-refractivity contribution >= 4 is 192 Å². The minimum absolute atomic E-state index is 0. The Hall–Kier alpha value is -2.48. The number of urea groups is 2. The topological polar surface area (TPSA) is 324 Å². The number of rotatable bonds is 23. The van der Waals surface area contributed by atoms with E-state index in [1.165, 1.54) is 30.9 Å². The molecule has 2 saturated heterocycles. The van der Waals surface area contributed by atoms with E-state index < -0.39 is 86.9 Å². The van der Waals surface area contributed by atoms with Gasteiger partial charge >= 0.3 is 68.5 Å². The Morgan fingerprint density at radius 1 is 0.576 bits per heavy atom. The van der Waals surface area contributed by atoms with E-state index in [4.69, 9.17) is 5.73 Å². The van der Waals surface area contributed by atoms with Crippen LogP contribution in [0.15, 0.2) is 60.7 Å². The zero-order valence-electron chi connectivity index (χ0n) is 55.0. The first-order chi connectivity index (χ1) is 41.6. The van der Waals surface area contributed by atoms with Crippen molar-refractivity contribution in [3.05, 3.63) is 71.8 Å². The number of hydrogen-bond donors (Lipinski definition) is 7. The standard InChI is InChI=1S/C30H45N5O6S.C17H20N2O5S.C13H27N3O2.CH4.I3.I2.HI/c1-18(2)17-20(23(36)33-22(25(38)31-8)29(3,4)5)32-24(37)21(42-26(39)19-13-11-10-12-14-19)15-16-35-27(40)30(6,7)34(9)28(35)41;1-17(2)15(23)19(16(24)18(17)3)10-9-12(13(20)21)25-14(22)11-7-5-4-6-8-11;1-8(2)7-9(14)11(17)16-10(12(18)15-6)13(3,4)5;;1-3-2;1-2;/h10-14,18,20-22H,15-17H2,1-9H3,(H,31,38)(H,32,37)(H,33,36);4-8,12H,9-10H2,1-3H3,(H,20,21);8-10H,7,14H2,1-6H3,(H,15,18)(H,16,17);1H4;;;1H/q;;;;-1;;/t20-,21-,22+;12-;9-,10+;;;;/m000..../s1. The first-order valence-electron chi connectivity index (χ1n) is 28.6. The van der Waals surface area contributed by atoms with Crippen LogP contribution in [0.1, 0.15) is 151 Å². The van der Waals surface area contributed by atoms with Gasteiger partial charge in [-0.05, 0) is 76.0 Å². The van der Waals surface area contributed by atoms with E-state index in [2.05, 4.69) is 101 Å². The molecule has 0 aromatic heterocycles. The number of thioether (sulfide) groups is 2. The zero-order valence-corrected chi connectivity index (χ0v) is 69.7. The summed E-state index contributed by atoms with van der Waals surface area (Å²) in [7, 11) is 6.11. The summed E-state index contributed by atoms with van der Waals surface area (Å²) in [4.78, 5) is 155. The maximum absolute atomic E-state index is 13.7. The molecule has 0 unspecified atom stereocenters. The summed E-state index contributed by atoms with van der Waals surface area (Å²) in [6, 6.07) is 12.9. The van der Waals surface area contributed by atoms with Gasteiger partial charge in [-0.15, -0.1) is 24.0 Å². The molecule has 2 heterocycles. The predicted octanol–water partition coefficient (Wildman–Crippen LogP) is 7.31. The average Bonchev–Trinajstić information content (AvgIpc) is 1.63. The van der Waals surface area contributed by atoms with E-state index in [0.717, 1.165) is 21.6 Å².